The fourth-order valence-corrected chi connectivity index (χ4v) is 2.02. The minimum Gasteiger partial charge on any atom is -0.484 e. The molecule has 1 aliphatic rings. The minimum absolute atomic E-state index is 0.0362. The van der Waals surface area contributed by atoms with Crippen LogP contribution in [0.5, 0.6) is 5.75 Å². The van der Waals surface area contributed by atoms with E-state index in [1.165, 1.54) is 0 Å². The first-order valence-electron chi connectivity index (χ1n) is 6.67. The third kappa shape index (κ3) is 3.96. The maximum atomic E-state index is 12.0. The van der Waals surface area contributed by atoms with E-state index in [0.29, 0.717) is 11.4 Å². The molecule has 2 rings (SSSR count). The molecule has 108 valence electrons. The Morgan fingerprint density at radius 2 is 2.30 bits per heavy atom. The summed E-state index contributed by atoms with van der Waals surface area (Å²) in [7, 11) is 1.55. The van der Waals surface area contributed by atoms with Crippen molar-refractivity contribution in [3.05, 3.63) is 24.3 Å². The van der Waals surface area contributed by atoms with Gasteiger partial charge in [0.2, 0.25) is 5.91 Å². The van der Waals surface area contributed by atoms with Gasteiger partial charge in [0.15, 0.2) is 6.61 Å². The molecule has 0 saturated carbocycles. The maximum absolute atomic E-state index is 12.0. The molecule has 0 radical (unpaired) electrons. The SMILES string of the molecule is CNC(=O)COc1cccc(NC(=O)C2CCCN2)c1. The average molecular weight is 277 g/mol. The van der Waals surface area contributed by atoms with Gasteiger partial charge in [-0.2, -0.15) is 0 Å². The molecule has 1 unspecified atom stereocenters. The third-order valence-electron chi connectivity index (χ3n) is 3.13. The van der Waals surface area contributed by atoms with Crippen molar-refractivity contribution in [2.75, 3.05) is 25.5 Å². The first-order valence-corrected chi connectivity index (χ1v) is 6.67. The monoisotopic (exact) mass is 277 g/mol. The van der Waals surface area contributed by atoms with Crippen molar-refractivity contribution in [1.82, 2.24) is 10.6 Å². The lowest BCUT2D eigenvalue weighted by Gasteiger charge is -2.12. The summed E-state index contributed by atoms with van der Waals surface area (Å²) in [5.41, 5.74) is 0.665. The van der Waals surface area contributed by atoms with Crippen LogP contribution in [0.3, 0.4) is 0 Å². The molecule has 1 aliphatic heterocycles. The summed E-state index contributed by atoms with van der Waals surface area (Å²) in [6, 6.07) is 6.89. The van der Waals surface area contributed by atoms with Gasteiger partial charge in [0, 0.05) is 18.8 Å². The highest BCUT2D eigenvalue weighted by atomic mass is 16.5. The lowest BCUT2D eigenvalue weighted by molar-refractivity contribution is -0.122. The zero-order chi connectivity index (χ0) is 14.4. The largest absolute Gasteiger partial charge is 0.484 e. The van der Waals surface area contributed by atoms with Crippen LogP contribution in [0.4, 0.5) is 5.69 Å². The van der Waals surface area contributed by atoms with E-state index in [9.17, 15) is 9.59 Å². The van der Waals surface area contributed by atoms with Gasteiger partial charge in [-0.3, -0.25) is 9.59 Å². The number of benzene rings is 1. The quantitative estimate of drug-likeness (QED) is 0.732. The Balaban J connectivity index is 1.91. The third-order valence-corrected chi connectivity index (χ3v) is 3.13. The summed E-state index contributed by atoms with van der Waals surface area (Å²) in [5.74, 6) is 0.311. The topological polar surface area (TPSA) is 79.5 Å². The molecule has 1 saturated heterocycles. The Labute approximate surface area is 117 Å². The molecule has 3 N–H and O–H groups in total. The van der Waals surface area contributed by atoms with Crippen molar-refractivity contribution < 1.29 is 14.3 Å². The van der Waals surface area contributed by atoms with Crippen molar-refractivity contribution in [3.63, 3.8) is 0 Å². The first kappa shape index (κ1) is 14.3. The molecule has 0 spiro atoms. The fourth-order valence-electron chi connectivity index (χ4n) is 2.02. The lowest BCUT2D eigenvalue weighted by atomic mass is 10.2. The summed E-state index contributed by atoms with van der Waals surface area (Å²) in [5, 5.41) is 8.46. The van der Waals surface area contributed by atoms with Crippen LogP contribution in [0.2, 0.25) is 0 Å². The molecule has 1 atom stereocenters. The molecule has 0 aliphatic carbocycles. The number of likely N-dealkylation sites (N-methyl/N-ethyl adjacent to an activating group) is 1. The Bertz CT molecular complexity index is 484. The van der Waals surface area contributed by atoms with E-state index in [0.717, 1.165) is 19.4 Å². The standard InChI is InChI=1S/C14H19N3O3/c1-15-13(18)9-20-11-5-2-4-10(8-11)17-14(19)12-6-3-7-16-12/h2,4-5,8,12,16H,3,6-7,9H2,1H3,(H,15,18)(H,17,19). The molecule has 1 aromatic carbocycles. The summed E-state index contributed by atoms with van der Waals surface area (Å²) >= 11 is 0. The molecule has 1 heterocycles. The van der Waals surface area contributed by atoms with Gasteiger partial charge >= 0.3 is 0 Å². The van der Waals surface area contributed by atoms with Gasteiger partial charge in [0.25, 0.3) is 5.91 Å². The number of carbonyl (C=O) groups is 2. The second kappa shape index (κ2) is 6.91. The van der Waals surface area contributed by atoms with Gasteiger partial charge in [0.1, 0.15) is 5.75 Å². The molecule has 0 aromatic heterocycles. The Morgan fingerprint density at radius 3 is 3.00 bits per heavy atom. The zero-order valence-electron chi connectivity index (χ0n) is 11.4. The Morgan fingerprint density at radius 1 is 1.45 bits per heavy atom. The summed E-state index contributed by atoms with van der Waals surface area (Å²) in [6.45, 7) is 0.839. The number of hydrogen-bond acceptors (Lipinski definition) is 4. The van der Waals surface area contributed by atoms with Crippen LogP contribution in [0.25, 0.3) is 0 Å². The van der Waals surface area contributed by atoms with Crippen LogP contribution in [0.15, 0.2) is 24.3 Å². The first-order chi connectivity index (χ1) is 9.69. The number of nitrogens with one attached hydrogen (secondary N) is 3. The van der Waals surface area contributed by atoms with Gasteiger partial charge in [-0.1, -0.05) is 6.07 Å². The lowest BCUT2D eigenvalue weighted by Crippen LogP contribution is -2.35. The van der Waals surface area contributed by atoms with Crippen molar-refractivity contribution in [2.45, 2.75) is 18.9 Å². The number of carbonyl (C=O) groups excluding carboxylic acids is 2. The highest BCUT2D eigenvalue weighted by molar-refractivity contribution is 5.95. The fraction of sp³-hybridized carbons (Fsp3) is 0.429. The molecule has 2 amide bonds. The molecule has 1 aromatic rings. The predicted octanol–water partition coefficient (Wildman–Crippen LogP) is 0.502. The van der Waals surface area contributed by atoms with Crippen LogP contribution in [0.1, 0.15) is 12.8 Å². The zero-order valence-corrected chi connectivity index (χ0v) is 11.4. The maximum Gasteiger partial charge on any atom is 0.257 e. The van der Waals surface area contributed by atoms with E-state index in [2.05, 4.69) is 16.0 Å². The van der Waals surface area contributed by atoms with Crippen molar-refractivity contribution in [3.8, 4) is 5.75 Å². The van der Waals surface area contributed by atoms with Gasteiger partial charge < -0.3 is 20.7 Å². The summed E-state index contributed by atoms with van der Waals surface area (Å²) in [4.78, 5) is 23.1. The molecule has 6 nitrogen and oxygen atoms in total. The van der Waals surface area contributed by atoms with Crippen LogP contribution >= 0.6 is 0 Å². The Hall–Kier alpha value is -2.08. The number of amides is 2. The normalized spacial score (nSPS) is 17.6. The van der Waals surface area contributed by atoms with Crippen LogP contribution in [0, 0.1) is 0 Å². The second-order valence-corrected chi connectivity index (χ2v) is 4.63. The number of anilines is 1. The predicted molar refractivity (Wildman–Crippen MR) is 75.7 cm³/mol. The molecule has 0 bridgehead atoms. The number of ether oxygens (including phenoxy) is 1. The molecular formula is C14H19N3O3. The number of rotatable bonds is 5. The van der Waals surface area contributed by atoms with E-state index < -0.39 is 0 Å². The van der Waals surface area contributed by atoms with Crippen molar-refractivity contribution in [1.29, 1.82) is 0 Å². The van der Waals surface area contributed by atoms with E-state index in [-0.39, 0.29) is 24.5 Å². The highest BCUT2D eigenvalue weighted by Gasteiger charge is 2.21. The van der Waals surface area contributed by atoms with Crippen LogP contribution in [-0.4, -0.2) is 38.1 Å². The van der Waals surface area contributed by atoms with Gasteiger partial charge in [0.05, 0.1) is 6.04 Å². The Kier molecular flexibility index (Phi) is 4.95. The molecular weight excluding hydrogens is 258 g/mol. The molecule has 1 fully saturated rings. The highest BCUT2D eigenvalue weighted by Crippen LogP contribution is 2.18. The second-order valence-electron chi connectivity index (χ2n) is 4.63. The van der Waals surface area contributed by atoms with Crippen LogP contribution < -0.4 is 20.7 Å². The van der Waals surface area contributed by atoms with Crippen molar-refractivity contribution >= 4 is 17.5 Å². The van der Waals surface area contributed by atoms with E-state index >= 15 is 0 Å². The number of hydrogen-bond donors (Lipinski definition) is 3. The minimum atomic E-state index is -0.199. The van der Waals surface area contributed by atoms with E-state index in [1.54, 1.807) is 31.3 Å². The smallest absolute Gasteiger partial charge is 0.257 e. The van der Waals surface area contributed by atoms with Gasteiger partial charge in [-0.15, -0.1) is 0 Å². The molecule has 6 heteroatoms. The van der Waals surface area contributed by atoms with Gasteiger partial charge in [-0.25, -0.2) is 0 Å². The van der Waals surface area contributed by atoms with E-state index in [1.807, 2.05) is 0 Å². The van der Waals surface area contributed by atoms with Crippen molar-refractivity contribution in [2.24, 2.45) is 0 Å². The molecule has 20 heavy (non-hydrogen) atoms. The van der Waals surface area contributed by atoms with E-state index in [4.69, 9.17) is 4.74 Å². The summed E-state index contributed by atoms with van der Waals surface area (Å²) < 4.78 is 5.33. The summed E-state index contributed by atoms with van der Waals surface area (Å²) in [6.07, 6.45) is 1.88. The van der Waals surface area contributed by atoms with Crippen LogP contribution in [-0.2, 0) is 9.59 Å². The van der Waals surface area contributed by atoms with Gasteiger partial charge in [-0.05, 0) is 31.5 Å². The average Bonchev–Trinajstić information content (AvgIpc) is 2.99.